The molecule has 1 heteroatoms. The minimum Gasteiger partial charge on any atom is -0.303 e. The molecule has 0 saturated carbocycles. The maximum atomic E-state index is 2.61. The summed E-state index contributed by atoms with van der Waals surface area (Å²) in [7, 11) is 0. The molecule has 1 aromatic rings. The van der Waals surface area contributed by atoms with Crippen LogP contribution in [-0.4, -0.2) is 24.5 Å². The van der Waals surface area contributed by atoms with Crippen LogP contribution in [0.4, 0.5) is 0 Å². The molecule has 0 amide bonds. The molecule has 1 fully saturated rings. The molecule has 94 valence electrons. The largest absolute Gasteiger partial charge is 0.303 e. The Balaban J connectivity index is 1.82. The zero-order valence-electron chi connectivity index (χ0n) is 11.3. The van der Waals surface area contributed by atoms with E-state index < -0.39 is 0 Å². The van der Waals surface area contributed by atoms with Crippen molar-refractivity contribution in [1.29, 1.82) is 0 Å². The van der Waals surface area contributed by atoms with E-state index in [-0.39, 0.29) is 0 Å². The lowest BCUT2D eigenvalue weighted by molar-refractivity contribution is 0.231. The van der Waals surface area contributed by atoms with E-state index in [1.807, 2.05) is 0 Å². The van der Waals surface area contributed by atoms with E-state index in [1.54, 1.807) is 0 Å². The van der Waals surface area contributed by atoms with Crippen LogP contribution in [0.5, 0.6) is 0 Å². The number of rotatable bonds is 4. The van der Waals surface area contributed by atoms with Crippen molar-refractivity contribution < 1.29 is 0 Å². The third-order valence-electron chi connectivity index (χ3n) is 3.81. The lowest BCUT2D eigenvalue weighted by atomic mass is 10.0. The molecule has 2 rings (SSSR count). The van der Waals surface area contributed by atoms with Crippen LogP contribution in [-0.2, 0) is 6.42 Å². The smallest absolute Gasteiger partial charge is 0.00218 e. The van der Waals surface area contributed by atoms with Gasteiger partial charge in [-0.3, -0.25) is 0 Å². The molecule has 1 saturated heterocycles. The van der Waals surface area contributed by atoms with E-state index in [9.17, 15) is 0 Å². The first-order valence-electron chi connectivity index (χ1n) is 7.07. The highest BCUT2D eigenvalue weighted by Gasteiger charge is 2.09. The predicted octanol–water partition coefficient (Wildman–Crippen LogP) is 3.84. The van der Waals surface area contributed by atoms with Crippen LogP contribution in [0.3, 0.4) is 0 Å². The van der Waals surface area contributed by atoms with E-state index >= 15 is 0 Å². The lowest BCUT2D eigenvalue weighted by Gasteiger charge is -2.26. The highest BCUT2D eigenvalue weighted by atomic mass is 15.1. The Kier molecular flexibility index (Phi) is 4.61. The van der Waals surface area contributed by atoms with E-state index in [0.29, 0.717) is 5.92 Å². The number of hydrogen-bond donors (Lipinski definition) is 0. The molecule has 17 heavy (non-hydrogen) atoms. The fourth-order valence-electron chi connectivity index (χ4n) is 2.54. The van der Waals surface area contributed by atoms with Crippen molar-refractivity contribution in [2.45, 2.75) is 45.4 Å². The molecule has 1 aromatic carbocycles. The first-order chi connectivity index (χ1) is 8.25. The van der Waals surface area contributed by atoms with Crippen LogP contribution in [0.1, 0.15) is 50.2 Å². The van der Waals surface area contributed by atoms with Gasteiger partial charge in [-0.1, -0.05) is 44.5 Å². The minimum atomic E-state index is 0.645. The molecule has 1 aliphatic rings. The summed E-state index contributed by atoms with van der Waals surface area (Å²) in [5.74, 6) is 0.645. The van der Waals surface area contributed by atoms with Gasteiger partial charge in [-0.15, -0.1) is 0 Å². The van der Waals surface area contributed by atoms with Gasteiger partial charge in [-0.2, -0.15) is 0 Å². The predicted molar refractivity (Wildman–Crippen MR) is 74.5 cm³/mol. The standard InChI is InChI=1S/C16H25N/c1-14(2)16-8-6-15(7-9-16)10-13-17-11-4-3-5-12-17/h6-9,14H,3-5,10-13H2,1-2H3. The number of piperidine rings is 1. The normalized spacial score (nSPS) is 17.6. The third kappa shape index (κ3) is 3.85. The van der Waals surface area contributed by atoms with Crippen molar-refractivity contribution in [3.63, 3.8) is 0 Å². The average Bonchev–Trinajstić information content (AvgIpc) is 2.38. The van der Waals surface area contributed by atoms with Gasteiger partial charge < -0.3 is 4.90 Å². The number of likely N-dealkylation sites (tertiary alicyclic amines) is 1. The molecule has 0 aliphatic carbocycles. The maximum absolute atomic E-state index is 2.61. The Morgan fingerprint density at radius 3 is 2.24 bits per heavy atom. The van der Waals surface area contributed by atoms with Gasteiger partial charge in [-0.05, 0) is 49.4 Å². The number of hydrogen-bond acceptors (Lipinski definition) is 1. The summed E-state index contributed by atoms with van der Waals surface area (Å²) in [6, 6.07) is 9.19. The van der Waals surface area contributed by atoms with Crippen molar-refractivity contribution in [1.82, 2.24) is 4.90 Å². The topological polar surface area (TPSA) is 3.24 Å². The second-order valence-electron chi connectivity index (χ2n) is 5.55. The number of benzene rings is 1. The molecule has 0 atom stereocenters. The van der Waals surface area contributed by atoms with Gasteiger partial charge in [0.05, 0.1) is 0 Å². The van der Waals surface area contributed by atoms with Gasteiger partial charge in [0.1, 0.15) is 0 Å². The van der Waals surface area contributed by atoms with Gasteiger partial charge in [0.2, 0.25) is 0 Å². The molecule has 0 N–H and O–H groups in total. The quantitative estimate of drug-likeness (QED) is 0.761. The zero-order valence-corrected chi connectivity index (χ0v) is 11.3. The fourth-order valence-corrected chi connectivity index (χ4v) is 2.54. The monoisotopic (exact) mass is 231 g/mol. The van der Waals surface area contributed by atoms with Gasteiger partial charge >= 0.3 is 0 Å². The third-order valence-corrected chi connectivity index (χ3v) is 3.81. The van der Waals surface area contributed by atoms with Crippen molar-refractivity contribution in [3.8, 4) is 0 Å². The molecule has 0 aromatic heterocycles. The second kappa shape index (κ2) is 6.20. The van der Waals surface area contributed by atoms with E-state index in [4.69, 9.17) is 0 Å². The van der Waals surface area contributed by atoms with Crippen molar-refractivity contribution in [2.75, 3.05) is 19.6 Å². The van der Waals surface area contributed by atoms with Gasteiger partial charge in [0.25, 0.3) is 0 Å². The highest BCUT2D eigenvalue weighted by Crippen LogP contribution is 2.15. The maximum Gasteiger partial charge on any atom is 0.00218 e. The van der Waals surface area contributed by atoms with Crippen LogP contribution in [0.25, 0.3) is 0 Å². The summed E-state index contributed by atoms with van der Waals surface area (Å²) >= 11 is 0. The van der Waals surface area contributed by atoms with Crippen molar-refractivity contribution >= 4 is 0 Å². The molecule has 0 spiro atoms. The molecule has 0 radical (unpaired) electrons. The SMILES string of the molecule is CC(C)c1ccc(CCN2CCCCC2)cc1. The fraction of sp³-hybridized carbons (Fsp3) is 0.625. The van der Waals surface area contributed by atoms with Gasteiger partial charge in [0.15, 0.2) is 0 Å². The Morgan fingerprint density at radius 1 is 1.00 bits per heavy atom. The minimum absolute atomic E-state index is 0.645. The average molecular weight is 231 g/mol. The van der Waals surface area contributed by atoms with Crippen LogP contribution in [0.15, 0.2) is 24.3 Å². The van der Waals surface area contributed by atoms with E-state index in [2.05, 4.69) is 43.0 Å². The van der Waals surface area contributed by atoms with Crippen molar-refractivity contribution in [3.05, 3.63) is 35.4 Å². The molecular formula is C16H25N. The van der Waals surface area contributed by atoms with Crippen LogP contribution < -0.4 is 0 Å². The Labute approximate surface area is 106 Å². The van der Waals surface area contributed by atoms with E-state index in [1.165, 1.54) is 56.4 Å². The summed E-state index contributed by atoms with van der Waals surface area (Å²) in [5, 5.41) is 0. The first-order valence-corrected chi connectivity index (χ1v) is 7.07. The lowest BCUT2D eigenvalue weighted by Crippen LogP contribution is -2.31. The summed E-state index contributed by atoms with van der Waals surface area (Å²) in [4.78, 5) is 2.61. The summed E-state index contributed by atoms with van der Waals surface area (Å²) in [6.07, 6.45) is 5.43. The molecule has 1 nitrogen and oxygen atoms in total. The van der Waals surface area contributed by atoms with Crippen LogP contribution in [0.2, 0.25) is 0 Å². The summed E-state index contributed by atoms with van der Waals surface area (Å²) < 4.78 is 0. The summed E-state index contributed by atoms with van der Waals surface area (Å²) in [5.41, 5.74) is 2.94. The zero-order chi connectivity index (χ0) is 12.1. The van der Waals surface area contributed by atoms with Crippen LogP contribution in [0, 0.1) is 0 Å². The molecule has 1 aliphatic heterocycles. The number of nitrogens with zero attached hydrogens (tertiary/aromatic N) is 1. The Morgan fingerprint density at radius 2 is 1.65 bits per heavy atom. The Bertz CT molecular complexity index is 320. The van der Waals surface area contributed by atoms with Crippen molar-refractivity contribution in [2.24, 2.45) is 0 Å². The highest BCUT2D eigenvalue weighted by molar-refractivity contribution is 5.24. The molecular weight excluding hydrogens is 206 g/mol. The molecule has 1 heterocycles. The van der Waals surface area contributed by atoms with Gasteiger partial charge in [-0.25, -0.2) is 0 Å². The summed E-state index contributed by atoms with van der Waals surface area (Å²) in [6.45, 7) is 8.36. The second-order valence-corrected chi connectivity index (χ2v) is 5.55. The molecule has 0 unspecified atom stereocenters. The van der Waals surface area contributed by atoms with E-state index in [0.717, 1.165) is 0 Å². The first kappa shape index (κ1) is 12.6. The molecule has 0 bridgehead atoms. The Hall–Kier alpha value is -0.820. The van der Waals surface area contributed by atoms with Gasteiger partial charge in [0, 0.05) is 6.54 Å². The van der Waals surface area contributed by atoms with Crippen LogP contribution >= 0.6 is 0 Å².